The summed E-state index contributed by atoms with van der Waals surface area (Å²) in [5.74, 6) is 2.82. The topological polar surface area (TPSA) is 114 Å². The molecule has 0 heterocycles. The second kappa shape index (κ2) is 13.6. The predicted molar refractivity (Wildman–Crippen MR) is 142 cm³/mol. The highest BCUT2D eigenvalue weighted by Gasteiger charge is 2.25. The lowest BCUT2D eigenvalue weighted by Crippen LogP contribution is -2.35. The van der Waals surface area contributed by atoms with Crippen molar-refractivity contribution in [1.29, 1.82) is 0 Å². The van der Waals surface area contributed by atoms with Crippen molar-refractivity contribution in [1.82, 2.24) is 10.6 Å². The Morgan fingerprint density at radius 1 is 0.632 bits per heavy atom. The summed E-state index contributed by atoms with van der Waals surface area (Å²) in [6, 6.07) is 6.55. The summed E-state index contributed by atoms with van der Waals surface area (Å²) in [4.78, 5) is 25.8. The van der Waals surface area contributed by atoms with E-state index in [4.69, 9.17) is 28.4 Å². The monoisotopic (exact) mass is 530 g/mol. The molecule has 1 fully saturated rings. The van der Waals surface area contributed by atoms with E-state index in [1.807, 2.05) is 0 Å². The van der Waals surface area contributed by atoms with E-state index in [9.17, 15) is 9.59 Å². The number of rotatable bonds is 12. The molecule has 38 heavy (non-hydrogen) atoms. The van der Waals surface area contributed by atoms with Gasteiger partial charge < -0.3 is 39.1 Å². The fourth-order valence-electron chi connectivity index (χ4n) is 4.88. The molecule has 2 amide bonds. The normalized spacial score (nSPS) is 16.7. The molecule has 0 radical (unpaired) electrons. The van der Waals surface area contributed by atoms with Crippen LogP contribution >= 0.6 is 0 Å². The molecular formula is C28H38N2O8. The first-order valence-corrected chi connectivity index (χ1v) is 12.5. The molecule has 1 saturated carbocycles. The molecule has 2 N–H and O–H groups in total. The molecule has 2 aromatic carbocycles. The molecule has 3 rings (SSSR count). The molecular weight excluding hydrogens is 492 g/mol. The molecule has 0 spiro atoms. The zero-order valence-corrected chi connectivity index (χ0v) is 23.0. The lowest BCUT2D eigenvalue weighted by molar-refractivity contribution is 0.0934. The molecule has 10 heteroatoms. The van der Waals surface area contributed by atoms with Gasteiger partial charge in [-0.3, -0.25) is 9.59 Å². The molecule has 2 aromatic rings. The van der Waals surface area contributed by atoms with Crippen LogP contribution in [0, 0.1) is 11.8 Å². The molecule has 1 aliphatic carbocycles. The average Bonchev–Trinajstić information content (AvgIpc) is 2.96. The number of ether oxygens (including phenoxy) is 6. The Labute approximate surface area is 223 Å². The Balaban J connectivity index is 1.56. The highest BCUT2D eigenvalue weighted by Crippen LogP contribution is 2.39. The van der Waals surface area contributed by atoms with Crippen molar-refractivity contribution in [2.45, 2.75) is 25.7 Å². The van der Waals surface area contributed by atoms with Gasteiger partial charge >= 0.3 is 0 Å². The number of methoxy groups -OCH3 is 6. The molecule has 0 aromatic heterocycles. The van der Waals surface area contributed by atoms with Gasteiger partial charge in [-0.05, 0) is 55.4 Å². The van der Waals surface area contributed by atoms with Crippen LogP contribution in [-0.2, 0) is 0 Å². The van der Waals surface area contributed by atoms with Gasteiger partial charge in [-0.25, -0.2) is 0 Å². The zero-order chi connectivity index (χ0) is 27.7. The van der Waals surface area contributed by atoms with Gasteiger partial charge in [0.15, 0.2) is 23.0 Å². The van der Waals surface area contributed by atoms with Crippen LogP contribution in [0.4, 0.5) is 0 Å². The third-order valence-electron chi connectivity index (χ3n) is 6.85. The van der Waals surface area contributed by atoms with Gasteiger partial charge in [0.25, 0.3) is 11.8 Å². The minimum atomic E-state index is -0.206. The highest BCUT2D eigenvalue weighted by atomic mass is 16.5. The van der Waals surface area contributed by atoms with Crippen molar-refractivity contribution in [3.05, 3.63) is 35.4 Å². The van der Waals surface area contributed by atoms with E-state index < -0.39 is 0 Å². The van der Waals surface area contributed by atoms with E-state index in [1.165, 1.54) is 42.7 Å². The van der Waals surface area contributed by atoms with Gasteiger partial charge in [0.1, 0.15) is 0 Å². The van der Waals surface area contributed by atoms with Crippen LogP contribution in [-0.4, -0.2) is 67.6 Å². The van der Waals surface area contributed by atoms with Crippen molar-refractivity contribution in [2.24, 2.45) is 11.8 Å². The number of carbonyl (C=O) groups excluding carboxylic acids is 2. The maximum atomic E-state index is 12.9. The minimum Gasteiger partial charge on any atom is -0.493 e. The summed E-state index contributed by atoms with van der Waals surface area (Å²) < 4.78 is 32.1. The van der Waals surface area contributed by atoms with Crippen molar-refractivity contribution in [3.8, 4) is 34.5 Å². The lowest BCUT2D eigenvalue weighted by Gasteiger charge is -2.29. The number of amides is 2. The first-order chi connectivity index (χ1) is 18.4. The number of nitrogens with one attached hydrogen (secondary N) is 2. The largest absolute Gasteiger partial charge is 0.493 e. The third-order valence-corrected chi connectivity index (χ3v) is 6.85. The SMILES string of the molecule is COc1cc(C(=O)NC[C@H]2CCC[C@H](CNC(=O)c3cc(OC)c(OC)c(OC)c3)C2)cc(OC)c1OC. The standard InChI is InChI=1S/C28H38N2O8/c1-33-21-11-19(12-22(34-2)25(21)37-5)27(31)29-15-17-8-7-9-18(10-17)16-30-28(32)20-13-23(35-3)26(38-6)24(14-20)36-4/h11-14,17-18H,7-10,15-16H2,1-6H3,(H,29,31)(H,30,32)/t17-,18-/m0/s1. The number of benzene rings is 2. The Kier molecular flexibility index (Phi) is 10.3. The summed E-state index contributed by atoms with van der Waals surface area (Å²) in [5.41, 5.74) is 0.869. The summed E-state index contributed by atoms with van der Waals surface area (Å²) >= 11 is 0. The molecule has 0 aliphatic heterocycles. The van der Waals surface area contributed by atoms with Gasteiger partial charge in [0, 0.05) is 24.2 Å². The van der Waals surface area contributed by atoms with E-state index in [0.29, 0.717) is 70.5 Å². The van der Waals surface area contributed by atoms with E-state index in [2.05, 4.69) is 10.6 Å². The number of carbonyl (C=O) groups is 2. The van der Waals surface area contributed by atoms with Crippen molar-refractivity contribution >= 4 is 11.8 Å². The van der Waals surface area contributed by atoms with Crippen LogP contribution in [0.2, 0.25) is 0 Å². The van der Waals surface area contributed by atoms with Crippen molar-refractivity contribution in [2.75, 3.05) is 55.7 Å². The van der Waals surface area contributed by atoms with Crippen molar-refractivity contribution in [3.63, 3.8) is 0 Å². The summed E-state index contributed by atoms with van der Waals surface area (Å²) in [5, 5.41) is 6.08. The molecule has 1 aliphatic rings. The van der Waals surface area contributed by atoms with Crippen LogP contribution in [0.3, 0.4) is 0 Å². The third kappa shape index (κ3) is 6.73. The zero-order valence-electron chi connectivity index (χ0n) is 23.0. The van der Waals surface area contributed by atoms with E-state index in [0.717, 1.165) is 25.7 Å². The summed E-state index contributed by atoms with van der Waals surface area (Å²) in [6.07, 6.45) is 3.99. The predicted octanol–water partition coefficient (Wildman–Crippen LogP) is 3.70. The fraction of sp³-hybridized carbons (Fsp3) is 0.500. The van der Waals surface area contributed by atoms with Crippen LogP contribution in [0.1, 0.15) is 46.4 Å². The summed E-state index contributed by atoms with van der Waals surface area (Å²) in [6.45, 7) is 1.10. The Bertz CT molecular complexity index is 985. The highest BCUT2D eigenvalue weighted by molar-refractivity contribution is 5.96. The van der Waals surface area contributed by atoms with Gasteiger partial charge in [0.2, 0.25) is 11.5 Å². The first kappa shape index (κ1) is 28.7. The second-order valence-electron chi connectivity index (χ2n) is 9.15. The smallest absolute Gasteiger partial charge is 0.251 e. The van der Waals surface area contributed by atoms with Crippen LogP contribution in [0.25, 0.3) is 0 Å². The number of hydrogen-bond acceptors (Lipinski definition) is 8. The maximum absolute atomic E-state index is 12.9. The van der Waals surface area contributed by atoms with Gasteiger partial charge in [-0.15, -0.1) is 0 Å². The molecule has 0 unspecified atom stereocenters. The second-order valence-corrected chi connectivity index (χ2v) is 9.15. The van der Waals surface area contributed by atoms with Crippen molar-refractivity contribution < 1.29 is 38.0 Å². The maximum Gasteiger partial charge on any atom is 0.251 e. The lowest BCUT2D eigenvalue weighted by atomic mass is 9.81. The van der Waals surface area contributed by atoms with Gasteiger partial charge in [-0.2, -0.15) is 0 Å². The molecule has 208 valence electrons. The quantitative estimate of drug-likeness (QED) is 0.427. The van der Waals surface area contributed by atoms with E-state index in [1.54, 1.807) is 24.3 Å². The van der Waals surface area contributed by atoms with Crippen LogP contribution in [0.15, 0.2) is 24.3 Å². The van der Waals surface area contributed by atoms with E-state index >= 15 is 0 Å². The van der Waals surface area contributed by atoms with Crippen LogP contribution < -0.4 is 39.1 Å². The van der Waals surface area contributed by atoms with Gasteiger partial charge in [-0.1, -0.05) is 6.42 Å². The fourth-order valence-corrected chi connectivity index (χ4v) is 4.88. The Hall–Kier alpha value is -3.82. The van der Waals surface area contributed by atoms with Gasteiger partial charge in [0.05, 0.1) is 42.7 Å². The molecule has 0 saturated heterocycles. The van der Waals surface area contributed by atoms with Crippen LogP contribution in [0.5, 0.6) is 34.5 Å². The molecule has 2 atom stereocenters. The average molecular weight is 531 g/mol. The first-order valence-electron chi connectivity index (χ1n) is 12.5. The molecule has 10 nitrogen and oxygen atoms in total. The summed E-state index contributed by atoms with van der Waals surface area (Å²) in [7, 11) is 9.10. The molecule has 0 bridgehead atoms. The van der Waals surface area contributed by atoms with E-state index in [-0.39, 0.29) is 11.8 Å². The minimum absolute atomic E-state index is 0.206. The number of hydrogen-bond donors (Lipinski definition) is 2. The Morgan fingerprint density at radius 2 is 0.974 bits per heavy atom. The Morgan fingerprint density at radius 3 is 1.26 bits per heavy atom.